The molecule has 28 heavy (non-hydrogen) atoms. The number of aliphatic hydroxyl groups excluding tert-OH is 1. The van der Waals surface area contributed by atoms with Crippen LogP contribution in [0.25, 0.3) is 0 Å². The lowest BCUT2D eigenvalue weighted by Crippen LogP contribution is -2.46. The summed E-state index contributed by atoms with van der Waals surface area (Å²) in [4.78, 5) is 16.9. The predicted molar refractivity (Wildman–Crippen MR) is 97.9 cm³/mol. The molecule has 2 aliphatic rings. The zero-order valence-electron chi connectivity index (χ0n) is 16.0. The molecule has 0 bridgehead atoms. The number of ether oxygens (including phenoxy) is 1. The molecule has 0 aliphatic carbocycles. The Hall–Kier alpha value is -1.64. The highest BCUT2D eigenvalue weighted by Crippen LogP contribution is 2.35. The standard InChI is InChI=1S/C20H27F3N2O3/c1-2-14-11-25(18(13-26)17(14)12-24-7-9-28-10-8-24)19(27)15-3-5-16(6-4-15)20(21,22)23/h3-6,14,17-18,26H,2,7-13H2,1H3/t14-,17-,18-/m1/s1. The van der Waals surface area contributed by atoms with Gasteiger partial charge in [0.05, 0.1) is 31.4 Å². The van der Waals surface area contributed by atoms with Crippen LogP contribution in [0.2, 0.25) is 0 Å². The average Bonchev–Trinajstić information content (AvgIpc) is 3.05. The highest BCUT2D eigenvalue weighted by atomic mass is 19.4. The first-order valence-corrected chi connectivity index (χ1v) is 9.74. The zero-order chi connectivity index (χ0) is 20.3. The van der Waals surface area contributed by atoms with E-state index >= 15 is 0 Å². The summed E-state index contributed by atoms with van der Waals surface area (Å²) in [7, 11) is 0. The second-order valence-corrected chi connectivity index (χ2v) is 7.53. The Morgan fingerprint density at radius 1 is 1.21 bits per heavy atom. The van der Waals surface area contributed by atoms with E-state index in [0.29, 0.717) is 19.8 Å². The van der Waals surface area contributed by atoms with Gasteiger partial charge in [-0.3, -0.25) is 9.69 Å². The van der Waals surface area contributed by atoms with Crippen molar-refractivity contribution in [3.8, 4) is 0 Å². The lowest BCUT2D eigenvalue weighted by atomic mass is 9.88. The van der Waals surface area contributed by atoms with E-state index < -0.39 is 11.7 Å². The molecule has 0 saturated carbocycles. The minimum atomic E-state index is -4.43. The summed E-state index contributed by atoms with van der Waals surface area (Å²) in [6.07, 6.45) is -3.55. The Balaban J connectivity index is 1.75. The van der Waals surface area contributed by atoms with Gasteiger partial charge in [-0.1, -0.05) is 13.3 Å². The first-order valence-electron chi connectivity index (χ1n) is 9.74. The molecule has 3 atom stereocenters. The lowest BCUT2D eigenvalue weighted by molar-refractivity contribution is -0.137. The molecule has 1 amide bonds. The Bertz CT molecular complexity index is 660. The number of rotatable bonds is 5. The number of carbonyl (C=O) groups excluding carboxylic acids is 1. The first-order chi connectivity index (χ1) is 13.3. The zero-order valence-corrected chi connectivity index (χ0v) is 16.0. The highest BCUT2D eigenvalue weighted by molar-refractivity contribution is 5.94. The third-order valence-corrected chi connectivity index (χ3v) is 5.94. The summed E-state index contributed by atoms with van der Waals surface area (Å²) in [5.74, 6) is 0.0561. The second-order valence-electron chi connectivity index (χ2n) is 7.53. The van der Waals surface area contributed by atoms with Crippen molar-refractivity contribution in [1.29, 1.82) is 0 Å². The van der Waals surface area contributed by atoms with Crippen LogP contribution in [0.4, 0.5) is 13.2 Å². The molecule has 8 heteroatoms. The van der Waals surface area contributed by atoms with Crippen LogP contribution in [0.15, 0.2) is 24.3 Å². The number of halogens is 3. The Morgan fingerprint density at radius 2 is 1.86 bits per heavy atom. The van der Waals surface area contributed by atoms with Crippen molar-refractivity contribution in [2.24, 2.45) is 11.8 Å². The smallest absolute Gasteiger partial charge is 0.394 e. The topological polar surface area (TPSA) is 53.0 Å². The van der Waals surface area contributed by atoms with Gasteiger partial charge in [-0.15, -0.1) is 0 Å². The summed E-state index contributed by atoms with van der Waals surface area (Å²) < 4.78 is 43.7. The first kappa shape index (κ1) is 21.1. The number of morpholine rings is 1. The van der Waals surface area contributed by atoms with E-state index in [1.54, 1.807) is 4.90 Å². The number of amides is 1. The van der Waals surface area contributed by atoms with Crippen LogP contribution in [0.1, 0.15) is 29.3 Å². The molecule has 0 radical (unpaired) electrons. The highest BCUT2D eigenvalue weighted by Gasteiger charge is 2.43. The second kappa shape index (κ2) is 8.80. The molecule has 2 heterocycles. The van der Waals surface area contributed by atoms with Gasteiger partial charge in [0.15, 0.2) is 0 Å². The van der Waals surface area contributed by atoms with E-state index in [2.05, 4.69) is 11.8 Å². The number of aliphatic hydroxyl groups is 1. The molecule has 1 aromatic rings. The van der Waals surface area contributed by atoms with Crippen LogP contribution in [0, 0.1) is 11.8 Å². The number of benzene rings is 1. The molecule has 3 rings (SSSR count). The summed E-state index contributed by atoms with van der Waals surface area (Å²) in [5, 5.41) is 10.0. The Morgan fingerprint density at radius 3 is 2.39 bits per heavy atom. The number of hydrogen-bond donors (Lipinski definition) is 1. The van der Waals surface area contributed by atoms with Gasteiger partial charge in [0.1, 0.15) is 0 Å². The minimum Gasteiger partial charge on any atom is -0.394 e. The molecule has 156 valence electrons. The minimum absolute atomic E-state index is 0.131. The van der Waals surface area contributed by atoms with Gasteiger partial charge in [0, 0.05) is 31.7 Å². The predicted octanol–water partition coefficient (Wildman–Crippen LogP) is 2.50. The van der Waals surface area contributed by atoms with Crippen LogP contribution < -0.4 is 0 Å². The van der Waals surface area contributed by atoms with E-state index in [4.69, 9.17) is 4.74 Å². The maximum absolute atomic E-state index is 13.0. The monoisotopic (exact) mass is 400 g/mol. The van der Waals surface area contributed by atoms with Gasteiger partial charge in [0.2, 0.25) is 0 Å². The molecule has 5 nitrogen and oxygen atoms in total. The molecule has 1 aromatic carbocycles. The Kier molecular flexibility index (Phi) is 6.62. The number of nitrogens with zero attached hydrogens (tertiary/aromatic N) is 2. The fraction of sp³-hybridized carbons (Fsp3) is 0.650. The van der Waals surface area contributed by atoms with E-state index in [-0.39, 0.29) is 36.0 Å². The molecule has 0 aromatic heterocycles. The van der Waals surface area contributed by atoms with Crippen molar-refractivity contribution < 1.29 is 27.8 Å². The molecule has 2 aliphatic heterocycles. The fourth-order valence-corrected chi connectivity index (χ4v) is 4.29. The summed E-state index contributed by atoms with van der Waals surface area (Å²) in [6, 6.07) is 3.97. The van der Waals surface area contributed by atoms with Crippen molar-refractivity contribution in [1.82, 2.24) is 9.80 Å². The molecular weight excluding hydrogens is 373 g/mol. The van der Waals surface area contributed by atoms with E-state index in [1.807, 2.05) is 0 Å². The quantitative estimate of drug-likeness (QED) is 0.825. The van der Waals surface area contributed by atoms with Gasteiger partial charge >= 0.3 is 6.18 Å². The third-order valence-electron chi connectivity index (χ3n) is 5.94. The number of alkyl halides is 3. The molecule has 2 saturated heterocycles. The van der Waals surface area contributed by atoms with Crippen LogP contribution in [0.3, 0.4) is 0 Å². The third kappa shape index (κ3) is 4.50. The van der Waals surface area contributed by atoms with Crippen molar-refractivity contribution in [3.63, 3.8) is 0 Å². The number of hydrogen-bond acceptors (Lipinski definition) is 4. The van der Waals surface area contributed by atoms with Crippen LogP contribution >= 0.6 is 0 Å². The molecule has 0 spiro atoms. The molecule has 2 fully saturated rings. The summed E-state index contributed by atoms with van der Waals surface area (Å²) in [6.45, 7) is 6.23. The lowest BCUT2D eigenvalue weighted by Gasteiger charge is -2.33. The van der Waals surface area contributed by atoms with Crippen molar-refractivity contribution >= 4 is 5.91 Å². The van der Waals surface area contributed by atoms with Crippen LogP contribution in [-0.4, -0.2) is 72.9 Å². The SMILES string of the molecule is CC[C@@H]1CN(C(=O)c2ccc(C(F)(F)F)cc2)[C@H](CO)[C@@H]1CN1CCOCC1. The summed E-state index contributed by atoms with van der Waals surface area (Å²) >= 11 is 0. The van der Waals surface area contributed by atoms with Gasteiger partial charge in [0.25, 0.3) is 5.91 Å². The van der Waals surface area contributed by atoms with Crippen molar-refractivity contribution in [3.05, 3.63) is 35.4 Å². The van der Waals surface area contributed by atoms with Crippen molar-refractivity contribution in [2.45, 2.75) is 25.6 Å². The van der Waals surface area contributed by atoms with Crippen LogP contribution in [-0.2, 0) is 10.9 Å². The largest absolute Gasteiger partial charge is 0.416 e. The maximum atomic E-state index is 13.0. The van der Waals surface area contributed by atoms with Crippen LogP contribution in [0.5, 0.6) is 0 Å². The average molecular weight is 400 g/mol. The van der Waals surface area contributed by atoms with Crippen molar-refractivity contribution in [2.75, 3.05) is 46.0 Å². The Labute approximate surface area is 163 Å². The van der Waals surface area contributed by atoms with Gasteiger partial charge in [-0.05, 0) is 36.1 Å². The molecular formula is C20H27F3N2O3. The summed E-state index contributed by atoms with van der Waals surface area (Å²) in [5.41, 5.74) is -0.561. The normalized spacial score (nSPS) is 26.6. The van der Waals surface area contributed by atoms with Gasteiger partial charge in [-0.2, -0.15) is 13.2 Å². The number of carbonyl (C=O) groups is 1. The van der Waals surface area contributed by atoms with E-state index in [0.717, 1.165) is 38.2 Å². The fourth-order valence-electron chi connectivity index (χ4n) is 4.29. The molecule has 0 unspecified atom stereocenters. The molecule has 1 N–H and O–H groups in total. The van der Waals surface area contributed by atoms with Gasteiger partial charge in [-0.25, -0.2) is 0 Å². The number of likely N-dealkylation sites (tertiary alicyclic amines) is 1. The maximum Gasteiger partial charge on any atom is 0.416 e. The van der Waals surface area contributed by atoms with E-state index in [1.165, 1.54) is 12.1 Å². The van der Waals surface area contributed by atoms with E-state index in [9.17, 15) is 23.1 Å². The van der Waals surface area contributed by atoms with Gasteiger partial charge < -0.3 is 14.7 Å².